The summed E-state index contributed by atoms with van der Waals surface area (Å²) in [6.45, 7) is 2.68. The number of rotatable bonds is 2. The van der Waals surface area contributed by atoms with Crippen molar-refractivity contribution in [2.75, 3.05) is 6.54 Å². The van der Waals surface area contributed by atoms with Gasteiger partial charge in [0.25, 0.3) is 0 Å². The van der Waals surface area contributed by atoms with Gasteiger partial charge in [0.15, 0.2) is 0 Å². The number of ether oxygens (including phenoxy) is 1. The van der Waals surface area contributed by atoms with Gasteiger partial charge in [0.05, 0.1) is 6.54 Å². The van der Waals surface area contributed by atoms with Gasteiger partial charge < -0.3 is 4.74 Å². The zero-order valence-electron chi connectivity index (χ0n) is 10.7. The minimum atomic E-state index is -3.32. The van der Waals surface area contributed by atoms with Gasteiger partial charge in [-0.2, -0.15) is 4.31 Å². The molecular weight excluding hydrogens is 330 g/mol. The number of sulfonamides is 1. The van der Waals surface area contributed by atoms with Crippen molar-refractivity contribution in [2.24, 2.45) is 0 Å². The predicted octanol–water partition coefficient (Wildman–Crippen LogP) is 2.48. The Hall–Kier alpha value is -0.590. The molecule has 1 aromatic rings. The fraction of sp³-hybridized carbons (Fsp3) is 0.538. The minimum absolute atomic E-state index is 0.145. The molecule has 1 fully saturated rings. The Morgan fingerprint density at radius 1 is 1.37 bits per heavy atom. The van der Waals surface area contributed by atoms with Crippen molar-refractivity contribution in [3.05, 3.63) is 29.8 Å². The molecule has 2 aliphatic rings. The zero-order chi connectivity index (χ0) is 13.7. The number of hydrogen-bond donors (Lipinski definition) is 0. The van der Waals surface area contributed by atoms with Gasteiger partial charge in [-0.1, -0.05) is 34.1 Å². The van der Waals surface area contributed by atoms with Crippen molar-refractivity contribution in [1.29, 1.82) is 0 Å². The van der Waals surface area contributed by atoms with Crippen LogP contribution in [0, 0.1) is 0 Å². The fourth-order valence-corrected chi connectivity index (χ4v) is 4.92. The highest BCUT2D eigenvalue weighted by atomic mass is 79.9. The molecule has 0 bridgehead atoms. The molecule has 1 heterocycles. The highest BCUT2D eigenvalue weighted by Crippen LogP contribution is 2.51. The van der Waals surface area contributed by atoms with Crippen molar-refractivity contribution in [1.82, 2.24) is 4.31 Å². The summed E-state index contributed by atoms with van der Waals surface area (Å²) in [4.78, 5) is 0. The molecule has 4 nitrogen and oxygen atoms in total. The molecule has 1 aromatic carbocycles. The second-order valence-electron chi connectivity index (χ2n) is 5.22. The van der Waals surface area contributed by atoms with Crippen LogP contribution in [-0.4, -0.2) is 29.0 Å². The van der Waals surface area contributed by atoms with Gasteiger partial charge >= 0.3 is 0 Å². The molecule has 0 amide bonds. The van der Waals surface area contributed by atoms with Gasteiger partial charge in [-0.3, -0.25) is 0 Å². The first-order valence-corrected chi connectivity index (χ1v) is 8.59. The summed E-state index contributed by atoms with van der Waals surface area (Å²) < 4.78 is 31.8. The maximum atomic E-state index is 12.6. The summed E-state index contributed by atoms with van der Waals surface area (Å²) in [6.07, 6.45) is 1.22. The molecule has 1 saturated carbocycles. The second kappa shape index (κ2) is 4.46. The monoisotopic (exact) mass is 345 g/mol. The summed E-state index contributed by atoms with van der Waals surface area (Å²) >= 11 is 3.36. The molecule has 1 aliphatic carbocycles. The van der Waals surface area contributed by atoms with E-state index in [1.165, 1.54) is 0 Å². The molecule has 0 N–H and O–H groups in total. The third-order valence-electron chi connectivity index (χ3n) is 3.55. The van der Waals surface area contributed by atoms with Crippen LogP contribution in [-0.2, 0) is 16.6 Å². The Bertz CT molecular complexity index is 598. The van der Waals surface area contributed by atoms with Crippen LogP contribution >= 0.6 is 15.9 Å². The third kappa shape index (κ3) is 2.30. The first-order valence-electron chi connectivity index (χ1n) is 6.35. The van der Waals surface area contributed by atoms with Gasteiger partial charge in [0.1, 0.15) is 15.5 Å². The number of halogens is 1. The Labute approximate surface area is 121 Å². The molecule has 0 radical (unpaired) electrons. The molecule has 0 aromatic heterocycles. The summed E-state index contributed by atoms with van der Waals surface area (Å²) in [5.74, 6) is 0.784. The number of fused-ring (bicyclic) bond motifs is 1. The Morgan fingerprint density at radius 3 is 2.74 bits per heavy atom. The fourth-order valence-electron chi connectivity index (χ4n) is 2.32. The van der Waals surface area contributed by atoms with E-state index in [2.05, 4.69) is 15.9 Å². The molecule has 1 aliphatic heterocycles. The zero-order valence-corrected chi connectivity index (χ0v) is 13.1. The first-order chi connectivity index (χ1) is 8.92. The van der Waals surface area contributed by atoms with Crippen LogP contribution < -0.4 is 4.74 Å². The standard InChI is InChI=1S/C13H16BrNO3S/c1-10-8-15(19(16,17)13(14)6-7-13)9-11-4-2-3-5-12(11)18-10/h2-5,10H,6-9H2,1H3. The predicted molar refractivity (Wildman–Crippen MR) is 76.8 cm³/mol. The smallest absolute Gasteiger partial charge is 0.230 e. The maximum Gasteiger partial charge on any atom is 0.230 e. The van der Waals surface area contributed by atoms with Crippen molar-refractivity contribution in [3.8, 4) is 5.75 Å². The van der Waals surface area contributed by atoms with Gasteiger partial charge in [-0.05, 0) is 25.8 Å². The molecule has 19 heavy (non-hydrogen) atoms. The quantitative estimate of drug-likeness (QED) is 0.773. The van der Waals surface area contributed by atoms with Gasteiger partial charge in [-0.15, -0.1) is 0 Å². The van der Waals surface area contributed by atoms with Crippen LogP contribution in [0.5, 0.6) is 5.75 Å². The molecule has 0 saturated heterocycles. The lowest BCUT2D eigenvalue weighted by atomic mass is 10.2. The van der Waals surface area contributed by atoms with E-state index >= 15 is 0 Å². The maximum absolute atomic E-state index is 12.6. The van der Waals surface area contributed by atoms with E-state index in [1.807, 2.05) is 31.2 Å². The van der Waals surface area contributed by atoms with E-state index in [1.54, 1.807) is 4.31 Å². The molecular formula is C13H16BrNO3S. The van der Waals surface area contributed by atoms with E-state index in [0.717, 1.165) is 11.3 Å². The van der Waals surface area contributed by atoms with E-state index in [-0.39, 0.29) is 6.10 Å². The van der Waals surface area contributed by atoms with Crippen LogP contribution in [0.25, 0.3) is 0 Å². The Kier molecular flexibility index (Phi) is 3.15. The Morgan fingerprint density at radius 2 is 2.05 bits per heavy atom. The van der Waals surface area contributed by atoms with Crippen LogP contribution in [0.1, 0.15) is 25.3 Å². The third-order valence-corrected chi connectivity index (χ3v) is 7.86. The molecule has 1 unspecified atom stereocenters. The highest BCUT2D eigenvalue weighted by molar-refractivity contribution is 9.11. The topological polar surface area (TPSA) is 46.6 Å². The summed E-state index contributed by atoms with van der Waals surface area (Å²) in [5.41, 5.74) is 0.923. The molecule has 3 rings (SSSR count). The van der Waals surface area contributed by atoms with E-state index in [0.29, 0.717) is 25.9 Å². The lowest BCUT2D eigenvalue weighted by Gasteiger charge is -2.24. The van der Waals surface area contributed by atoms with Gasteiger partial charge in [-0.25, -0.2) is 8.42 Å². The van der Waals surface area contributed by atoms with Crippen molar-refractivity contribution in [3.63, 3.8) is 0 Å². The minimum Gasteiger partial charge on any atom is -0.489 e. The molecule has 104 valence electrons. The lowest BCUT2D eigenvalue weighted by Crippen LogP contribution is -2.40. The largest absolute Gasteiger partial charge is 0.489 e. The lowest BCUT2D eigenvalue weighted by molar-refractivity contribution is 0.201. The normalized spacial score (nSPS) is 26.1. The average molecular weight is 346 g/mol. The number of hydrogen-bond acceptors (Lipinski definition) is 3. The summed E-state index contributed by atoms with van der Waals surface area (Å²) in [5, 5.41) is 0. The number of para-hydroxylation sites is 1. The first kappa shape index (κ1) is 13.4. The van der Waals surface area contributed by atoms with Crippen LogP contribution in [0.3, 0.4) is 0 Å². The highest BCUT2D eigenvalue weighted by Gasteiger charge is 2.55. The second-order valence-corrected chi connectivity index (χ2v) is 9.51. The van der Waals surface area contributed by atoms with Crippen LogP contribution in [0.4, 0.5) is 0 Å². The van der Waals surface area contributed by atoms with Crippen LogP contribution in [0.15, 0.2) is 24.3 Å². The summed E-state index contributed by atoms with van der Waals surface area (Å²) in [6, 6.07) is 7.62. The van der Waals surface area contributed by atoms with E-state index < -0.39 is 13.7 Å². The molecule has 1 atom stereocenters. The van der Waals surface area contributed by atoms with E-state index in [4.69, 9.17) is 4.74 Å². The summed E-state index contributed by atoms with van der Waals surface area (Å²) in [7, 11) is -3.32. The molecule has 0 spiro atoms. The average Bonchev–Trinajstić information content (AvgIpc) is 3.12. The van der Waals surface area contributed by atoms with Crippen molar-refractivity contribution in [2.45, 2.75) is 36.1 Å². The van der Waals surface area contributed by atoms with Crippen LogP contribution in [0.2, 0.25) is 0 Å². The van der Waals surface area contributed by atoms with E-state index in [9.17, 15) is 8.42 Å². The van der Waals surface area contributed by atoms with Crippen molar-refractivity contribution < 1.29 is 13.2 Å². The number of nitrogens with zero attached hydrogens (tertiary/aromatic N) is 1. The molecule has 6 heteroatoms. The van der Waals surface area contributed by atoms with Gasteiger partial charge in [0, 0.05) is 12.1 Å². The van der Waals surface area contributed by atoms with Crippen molar-refractivity contribution >= 4 is 26.0 Å². The SMILES string of the molecule is CC1CN(S(=O)(=O)C2(Br)CC2)Cc2ccccc2O1. The number of benzene rings is 1. The van der Waals surface area contributed by atoms with Gasteiger partial charge in [0.2, 0.25) is 10.0 Å². The number of alkyl halides is 1. The Balaban J connectivity index is 1.96.